The average Bonchev–Trinajstić information content (AvgIpc) is 2.63. The van der Waals surface area contributed by atoms with Gasteiger partial charge in [-0.2, -0.15) is 0 Å². The van der Waals surface area contributed by atoms with Crippen molar-refractivity contribution in [1.82, 2.24) is 15.6 Å². The van der Waals surface area contributed by atoms with Gasteiger partial charge < -0.3 is 16.4 Å². The smallest absolute Gasteiger partial charge is 0.243 e. The number of benzene rings is 1. The number of hydrogen-bond donors (Lipinski definition) is 3. The number of nitrogens with zero attached hydrogens (tertiary/aromatic N) is 1. The summed E-state index contributed by atoms with van der Waals surface area (Å²) in [4.78, 5) is 40.1. The second-order valence-corrected chi connectivity index (χ2v) is 6.96. The zero-order valence-corrected chi connectivity index (χ0v) is 16.7. The summed E-state index contributed by atoms with van der Waals surface area (Å²) >= 11 is 3.29. The Morgan fingerprint density at radius 2 is 1.79 bits per heavy atom. The molecule has 0 fully saturated rings. The third kappa shape index (κ3) is 6.41. The van der Waals surface area contributed by atoms with Crippen LogP contribution in [0.4, 0.5) is 4.39 Å². The minimum absolute atomic E-state index is 0.133. The number of carbonyl (C=O) groups excluding carboxylic acids is 3. The molecule has 0 bridgehead atoms. The van der Waals surface area contributed by atoms with Crippen molar-refractivity contribution in [2.75, 3.05) is 0 Å². The minimum atomic E-state index is -0.988. The summed E-state index contributed by atoms with van der Waals surface area (Å²) in [7, 11) is 0. The van der Waals surface area contributed by atoms with Crippen LogP contribution in [0.5, 0.6) is 0 Å². The van der Waals surface area contributed by atoms with Gasteiger partial charge in [-0.3, -0.25) is 14.4 Å². The van der Waals surface area contributed by atoms with E-state index in [4.69, 9.17) is 5.73 Å². The van der Waals surface area contributed by atoms with E-state index in [1.54, 1.807) is 18.3 Å². The van der Waals surface area contributed by atoms with E-state index in [1.165, 1.54) is 31.2 Å². The molecule has 0 aliphatic rings. The van der Waals surface area contributed by atoms with Gasteiger partial charge >= 0.3 is 0 Å². The van der Waals surface area contributed by atoms with Crippen LogP contribution in [0.1, 0.15) is 18.1 Å². The standard InChI is InChI=1S/C19H20BrFN4O3/c1-11(26)24-16(9-12-4-6-14(21)7-5-12)19(28)25-15(18(22)27)10-13-3-2-8-23-17(13)20/h2-8,15-16H,9-10H2,1H3,(H2,22,27)(H,24,26)(H,25,28)/t15-,16+/m1/s1. The van der Waals surface area contributed by atoms with Gasteiger partial charge in [0.05, 0.1) is 0 Å². The molecular weight excluding hydrogens is 431 g/mol. The third-order valence-corrected chi connectivity index (χ3v) is 4.68. The lowest BCUT2D eigenvalue weighted by atomic mass is 10.0. The molecule has 4 N–H and O–H groups in total. The number of rotatable bonds is 8. The summed E-state index contributed by atoms with van der Waals surface area (Å²) in [5.41, 5.74) is 6.78. The molecule has 0 radical (unpaired) electrons. The van der Waals surface area contributed by atoms with Crippen molar-refractivity contribution < 1.29 is 18.8 Å². The maximum Gasteiger partial charge on any atom is 0.243 e. The topological polar surface area (TPSA) is 114 Å². The maximum absolute atomic E-state index is 13.1. The summed E-state index contributed by atoms with van der Waals surface area (Å²) in [6.07, 6.45) is 1.85. The Kier molecular flexibility index (Phi) is 7.62. The van der Waals surface area contributed by atoms with Crippen LogP contribution in [0.3, 0.4) is 0 Å². The van der Waals surface area contributed by atoms with E-state index in [2.05, 4.69) is 31.5 Å². The van der Waals surface area contributed by atoms with Crippen LogP contribution in [0, 0.1) is 5.82 Å². The van der Waals surface area contributed by atoms with Crippen LogP contribution >= 0.6 is 15.9 Å². The van der Waals surface area contributed by atoms with E-state index >= 15 is 0 Å². The molecule has 1 heterocycles. The van der Waals surface area contributed by atoms with Crippen molar-refractivity contribution in [3.8, 4) is 0 Å². The Morgan fingerprint density at radius 1 is 1.11 bits per heavy atom. The van der Waals surface area contributed by atoms with Crippen LogP contribution in [-0.2, 0) is 27.2 Å². The van der Waals surface area contributed by atoms with Gasteiger partial charge in [0.15, 0.2) is 0 Å². The number of carbonyl (C=O) groups is 3. The summed E-state index contributed by atoms with van der Waals surface area (Å²) in [6.45, 7) is 1.28. The van der Waals surface area contributed by atoms with Crippen LogP contribution < -0.4 is 16.4 Å². The lowest BCUT2D eigenvalue weighted by Gasteiger charge is -2.22. The Labute approximate surface area is 170 Å². The van der Waals surface area contributed by atoms with Crippen molar-refractivity contribution in [2.45, 2.75) is 31.8 Å². The lowest BCUT2D eigenvalue weighted by molar-refractivity contribution is -0.130. The zero-order chi connectivity index (χ0) is 20.7. The van der Waals surface area contributed by atoms with Crippen LogP contribution in [0.2, 0.25) is 0 Å². The van der Waals surface area contributed by atoms with Gasteiger partial charge in [0.25, 0.3) is 0 Å². The van der Waals surface area contributed by atoms with E-state index in [1.807, 2.05) is 0 Å². The summed E-state index contributed by atoms with van der Waals surface area (Å²) in [5, 5.41) is 5.12. The second-order valence-electron chi connectivity index (χ2n) is 6.20. The van der Waals surface area contributed by atoms with Crippen LogP contribution in [-0.4, -0.2) is 34.8 Å². The second kappa shape index (κ2) is 9.93. The minimum Gasteiger partial charge on any atom is -0.368 e. The largest absolute Gasteiger partial charge is 0.368 e. The quantitative estimate of drug-likeness (QED) is 0.524. The number of nitrogens with one attached hydrogen (secondary N) is 2. The zero-order valence-electron chi connectivity index (χ0n) is 15.1. The van der Waals surface area contributed by atoms with Gasteiger partial charge in [-0.25, -0.2) is 9.37 Å². The molecule has 0 saturated heterocycles. The summed E-state index contributed by atoms with van der Waals surface area (Å²) in [6, 6.07) is 7.11. The van der Waals surface area contributed by atoms with Crippen molar-refractivity contribution >= 4 is 33.7 Å². The van der Waals surface area contributed by atoms with Crippen molar-refractivity contribution in [2.24, 2.45) is 5.73 Å². The average molecular weight is 451 g/mol. The Bertz CT molecular complexity index is 861. The van der Waals surface area contributed by atoms with E-state index < -0.39 is 35.6 Å². The molecule has 1 aromatic heterocycles. The normalized spacial score (nSPS) is 12.7. The molecule has 9 heteroatoms. The third-order valence-electron chi connectivity index (χ3n) is 3.97. The lowest BCUT2D eigenvalue weighted by Crippen LogP contribution is -2.54. The van der Waals surface area contributed by atoms with Gasteiger partial charge in [-0.1, -0.05) is 18.2 Å². The fourth-order valence-electron chi connectivity index (χ4n) is 2.60. The molecule has 7 nitrogen and oxygen atoms in total. The highest BCUT2D eigenvalue weighted by atomic mass is 79.9. The molecule has 148 valence electrons. The number of nitrogens with two attached hydrogens (primary N) is 1. The molecule has 0 saturated carbocycles. The molecule has 0 unspecified atom stereocenters. The molecule has 28 heavy (non-hydrogen) atoms. The van der Waals surface area contributed by atoms with Crippen molar-refractivity contribution in [1.29, 1.82) is 0 Å². The van der Waals surface area contributed by atoms with Crippen LogP contribution in [0.25, 0.3) is 0 Å². The summed E-state index contributed by atoms with van der Waals surface area (Å²) in [5.74, 6) is -2.09. The van der Waals surface area contributed by atoms with Gasteiger partial charge in [0.1, 0.15) is 22.5 Å². The predicted molar refractivity (Wildman–Crippen MR) is 104 cm³/mol. The summed E-state index contributed by atoms with van der Waals surface area (Å²) < 4.78 is 13.6. The SMILES string of the molecule is CC(=O)N[C@@H](Cc1ccc(F)cc1)C(=O)N[C@H](Cc1cccnc1Br)C(N)=O. The molecule has 2 rings (SSSR count). The van der Waals surface area contributed by atoms with Gasteiger partial charge in [0.2, 0.25) is 17.7 Å². The Balaban J connectivity index is 2.14. The monoisotopic (exact) mass is 450 g/mol. The highest BCUT2D eigenvalue weighted by Gasteiger charge is 2.26. The number of amides is 3. The first-order valence-corrected chi connectivity index (χ1v) is 9.26. The number of primary amides is 1. The number of aromatic nitrogens is 1. The molecule has 1 aromatic carbocycles. The van der Waals surface area contributed by atoms with Gasteiger partial charge in [-0.05, 0) is 45.3 Å². The highest BCUT2D eigenvalue weighted by Crippen LogP contribution is 2.15. The van der Waals surface area contributed by atoms with Crippen molar-refractivity contribution in [3.05, 3.63) is 64.1 Å². The fraction of sp³-hybridized carbons (Fsp3) is 0.263. The Hall–Kier alpha value is -2.81. The molecule has 0 spiro atoms. The highest BCUT2D eigenvalue weighted by molar-refractivity contribution is 9.10. The van der Waals surface area contributed by atoms with E-state index in [-0.39, 0.29) is 12.8 Å². The number of pyridine rings is 1. The number of halogens is 2. The molecular formula is C19H20BrFN4O3. The van der Waals surface area contributed by atoms with Crippen LogP contribution in [0.15, 0.2) is 47.2 Å². The van der Waals surface area contributed by atoms with E-state index in [0.29, 0.717) is 15.7 Å². The molecule has 0 aliphatic carbocycles. The first kappa shape index (κ1) is 21.5. The Morgan fingerprint density at radius 3 is 2.36 bits per heavy atom. The van der Waals surface area contributed by atoms with E-state index in [9.17, 15) is 18.8 Å². The predicted octanol–water partition coefficient (Wildman–Crippen LogP) is 1.24. The maximum atomic E-state index is 13.1. The van der Waals surface area contributed by atoms with Gasteiger partial charge in [-0.15, -0.1) is 0 Å². The number of hydrogen-bond acceptors (Lipinski definition) is 4. The van der Waals surface area contributed by atoms with E-state index in [0.717, 1.165) is 0 Å². The fourth-order valence-corrected chi connectivity index (χ4v) is 3.01. The van der Waals surface area contributed by atoms with Crippen molar-refractivity contribution in [3.63, 3.8) is 0 Å². The molecule has 3 amide bonds. The first-order chi connectivity index (χ1) is 13.3. The molecule has 0 aliphatic heterocycles. The molecule has 2 atom stereocenters. The van der Waals surface area contributed by atoms with Gasteiger partial charge in [0, 0.05) is 26.0 Å². The molecule has 2 aromatic rings. The first-order valence-electron chi connectivity index (χ1n) is 8.47.